The molecule has 132 valence electrons. The number of halogens is 3. The fourth-order valence-corrected chi connectivity index (χ4v) is 2.60. The van der Waals surface area contributed by atoms with Crippen molar-refractivity contribution in [3.8, 4) is 5.69 Å². The molecule has 1 heterocycles. The number of carbonyl (C=O) groups is 1. The van der Waals surface area contributed by atoms with Crippen LogP contribution in [0.2, 0.25) is 0 Å². The summed E-state index contributed by atoms with van der Waals surface area (Å²) in [5.41, 5.74) is -1.03. The van der Waals surface area contributed by atoms with E-state index >= 15 is 0 Å². The third-order valence-corrected chi connectivity index (χ3v) is 4.20. The number of benzene rings is 1. The highest BCUT2D eigenvalue weighted by Gasteiger charge is 2.31. The largest absolute Gasteiger partial charge is 0.416 e. The first-order chi connectivity index (χ1) is 11.8. The lowest BCUT2D eigenvalue weighted by Gasteiger charge is -2.14. The van der Waals surface area contributed by atoms with Gasteiger partial charge in [0.05, 0.1) is 5.56 Å². The van der Waals surface area contributed by atoms with E-state index in [4.69, 9.17) is 0 Å². The Kier molecular flexibility index (Phi) is 4.41. The molecule has 0 saturated heterocycles. The van der Waals surface area contributed by atoms with Crippen LogP contribution in [0, 0.1) is 12.8 Å². The highest BCUT2D eigenvalue weighted by atomic mass is 19.4. The van der Waals surface area contributed by atoms with Gasteiger partial charge in [0.15, 0.2) is 0 Å². The number of carbonyl (C=O) groups excluding carboxylic acids is 1. The fourth-order valence-electron chi connectivity index (χ4n) is 2.60. The van der Waals surface area contributed by atoms with Crippen molar-refractivity contribution >= 4 is 5.91 Å². The Bertz CT molecular complexity index is 867. The number of alkyl halides is 3. The third kappa shape index (κ3) is 3.75. The number of nitrogens with zero attached hydrogens (tertiary/aromatic N) is 1. The Morgan fingerprint density at radius 1 is 1.24 bits per heavy atom. The van der Waals surface area contributed by atoms with Gasteiger partial charge in [0, 0.05) is 17.9 Å². The van der Waals surface area contributed by atoms with Crippen LogP contribution in [-0.2, 0) is 6.18 Å². The lowest BCUT2D eigenvalue weighted by Crippen LogP contribution is -2.34. The molecule has 0 radical (unpaired) electrons. The molecular formula is C18H17F3N2O2. The van der Waals surface area contributed by atoms with Crippen LogP contribution in [0.3, 0.4) is 0 Å². The van der Waals surface area contributed by atoms with E-state index in [-0.39, 0.29) is 11.3 Å². The van der Waals surface area contributed by atoms with E-state index in [9.17, 15) is 22.8 Å². The smallest absolute Gasteiger partial charge is 0.352 e. The average Bonchev–Trinajstić information content (AvgIpc) is 3.36. The number of pyridine rings is 1. The van der Waals surface area contributed by atoms with Crippen molar-refractivity contribution in [2.45, 2.75) is 25.9 Å². The van der Waals surface area contributed by atoms with E-state index in [0.717, 1.165) is 29.5 Å². The minimum Gasteiger partial charge on any atom is -0.352 e. The predicted octanol–water partition coefficient (Wildman–Crippen LogP) is 3.30. The Balaban J connectivity index is 2.00. The second kappa shape index (κ2) is 6.38. The van der Waals surface area contributed by atoms with E-state index in [1.165, 1.54) is 18.2 Å². The topological polar surface area (TPSA) is 51.1 Å². The van der Waals surface area contributed by atoms with Crippen molar-refractivity contribution in [3.05, 3.63) is 63.6 Å². The van der Waals surface area contributed by atoms with Crippen molar-refractivity contribution in [3.63, 3.8) is 0 Å². The lowest BCUT2D eigenvalue weighted by atomic mass is 10.1. The maximum absolute atomic E-state index is 12.9. The predicted molar refractivity (Wildman–Crippen MR) is 86.8 cm³/mol. The number of hydrogen-bond acceptors (Lipinski definition) is 2. The second-order valence-electron chi connectivity index (χ2n) is 6.23. The molecule has 0 atom stereocenters. The number of rotatable bonds is 4. The zero-order valence-electron chi connectivity index (χ0n) is 13.6. The molecule has 4 nitrogen and oxygen atoms in total. The van der Waals surface area contributed by atoms with Crippen molar-refractivity contribution in [2.75, 3.05) is 6.54 Å². The molecule has 1 aromatic carbocycles. The molecule has 1 N–H and O–H groups in total. The zero-order chi connectivity index (χ0) is 18.2. The third-order valence-electron chi connectivity index (χ3n) is 4.20. The molecule has 0 aliphatic heterocycles. The van der Waals surface area contributed by atoms with Crippen molar-refractivity contribution in [2.24, 2.45) is 5.92 Å². The molecule has 1 aromatic heterocycles. The molecule has 3 rings (SSSR count). The molecule has 1 saturated carbocycles. The second-order valence-corrected chi connectivity index (χ2v) is 6.23. The standard InChI is InChI=1S/C18H17F3N2O2/c1-11-5-8-15(16(24)22-10-12-6-7-12)17(25)23(11)14-4-2-3-13(9-14)18(19,20)21/h2-5,8-9,12H,6-7,10H2,1H3,(H,22,24). The quantitative estimate of drug-likeness (QED) is 0.920. The molecule has 7 heteroatoms. The maximum atomic E-state index is 12.9. The summed E-state index contributed by atoms with van der Waals surface area (Å²) in [6.45, 7) is 2.11. The highest BCUT2D eigenvalue weighted by molar-refractivity contribution is 5.93. The molecule has 1 aliphatic carbocycles. The minimum absolute atomic E-state index is 0.0779. The molecule has 2 aromatic rings. The first-order valence-corrected chi connectivity index (χ1v) is 7.96. The van der Waals surface area contributed by atoms with Crippen LogP contribution in [0.15, 0.2) is 41.2 Å². The van der Waals surface area contributed by atoms with Gasteiger partial charge in [0.2, 0.25) is 0 Å². The van der Waals surface area contributed by atoms with E-state index in [1.54, 1.807) is 13.0 Å². The molecule has 0 spiro atoms. The van der Waals surface area contributed by atoms with Gasteiger partial charge in [-0.2, -0.15) is 13.2 Å². The van der Waals surface area contributed by atoms with Gasteiger partial charge in [-0.05, 0) is 56.0 Å². The molecule has 1 aliphatic rings. The van der Waals surface area contributed by atoms with Crippen LogP contribution in [0.1, 0.15) is 34.5 Å². The van der Waals surface area contributed by atoms with Crippen LogP contribution in [0.4, 0.5) is 13.2 Å². The number of amides is 1. The Morgan fingerprint density at radius 3 is 2.60 bits per heavy atom. The normalized spacial score (nSPS) is 14.4. The summed E-state index contributed by atoms with van der Waals surface area (Å²) in [7, 11) is 0. The number of nitrogens with one attached hydrogen (secondary N) is 1. The summed E-state index contributed by atoms with van der Waals surface area (Å²) < 4.78 is 39.9. The van der Waals surface area contributed by atoms with Gasteiger partial charge in [-0.15, -0.1) is 0 Å². The first kappa shape index (κ1) is 17.3. The Labute approximate surface area is 142 Å². The van der Waals surface area contributed by atoms with E-state index < -0.39 is 23.2 Å². The van der Waals surface area contributed by atoms with E-state index in [1.807, 2.05) is 0 Å². The monoisotopic (exact) mass is 350 g/mol. The highest BCUT2D eigenvalue weighted by Crippen LogP contribution is 2.30. The van der Waals surface area contributed by atoms with Crippen molar-refractivity contribution < 1.29 is 18.0 Å². The summed E-state index contributed by atoms with van der Waals surface area (Å²) in [5, 5.41) is 2.70. The van der Waals surface area contributed by atoms with Crippen LogP contribution in [0.5, 0.6) is 0 Å². The van der Waals surface area contributed by atoms with Gasteiger partial charge < -0.3 is 5.32 Å². The first-order valence-electron chi connectivity index (χ1n) is 7.96. The molecule has 25 heavy (non-hydrogen) atoms. The lowest BCUT2D eigenvalue weighted by molar-refractivity contribution is -0.137. The van der Waals surface area contributed by atoms with E-state index in [2.05, 4.69) is 5.32 Å². The van der Waals surface area contributed by atoms with Crippen molar-refractivity contribution in [1.82, 2.24) is 9.88 Å². The van der Waals surface area contributed by atoms with Gasteiger partial charge in [-0.1, -0.05) is 6.07 Å². The van der Waals surface area contributed by atoms with Crippen LogP contribution in [-0.4, -0.2) is 17.0 Å². The minimum atomic E-state index is -4.51. The maximum Gasteiger partial charge on any atom is 0.416 e. The number of hydrogen-bond donors (Lipinski definition) is 1. The molecule has 0 unspecified atom stereocenters. The van der Waals surface area contributed by atoms with Gasteiger partial charge in [-0.3, -0.25) is 14.2 Å². The van der Waals surface area contributed by atoms with Crippen LogP contribution >= 0.6 is 0 Å². The molecular weight excluding hydrogens is 333 g/mol. The summed E-state index contributed by atoms with van der Waals surface area (Å²) in [6, 6.07) is 7.45. The molecule has 1 amide bonds. The average molecular weight is 350 g/mol. The van der Waals surface area contributed by atoms with Gasteiger partial charge >= 0.3 is 6.18 Å². The Hall–Kier alpha value is -2.57. The van der Waals surface area contributed by atoms with Gasteiger partial charge in [0.1, 0.15) is 5.56 Å². The van der Waals surface area contributed by atoms with Crippen LogP contribution in [0.25, 0.3) is 5.69 Å². The number of aryl methyl sites for hydroxylation is 1. The summed E-state index contributed by atoms with van der Waals surface area (Å²) >= 11 is 0. The van der Waals surface area contributed by atoms with Crippen LogP contribution < -0.4 is 10.9 Å². The summed E-state index contributed by atoms with van der Waals surface area (Å²) in [5.74, 6) is -0.0438. The molecule has 1 fully saturated rings. The van der Waals surface area contributed by atoms with Gasteiger partial charge in [-0.25, -0.2) is 0 Å². The number of aromatic nitrogens is 1. The Morgan fingerprint density at radius 2 is 1.96 bits per heavy atom. The fraction of sp³-hybridized carbons (Fsp3) is 0.333. The van der Waals surface area contributed by atoms with Crippen molar-refractivity contribution in [1.29, 1.82) is 0 Å². The summed E-state index contributed by atoms with van der Waals surface area (Å²) in [4.78, 5) is 24.9. The van der Waals surface area contributed by atoms with E-state index in [0.29, 0.717) is 18.2 Å². The molecule has 0 bridgehead atoms. The summed E-state index contributed by atoms with van der Waals surface area (Å²) in [6.07, 6.45) is -2.39. The SMILES string of the molecule is Cc1ccc(C(=O)NCC2CC2)c(=O)n1-c1cccc(C(F)(F)F)c1. The van der Waals surface area contributed by atoms with Gasteiger partial charge in [0.25, 0.3) is 11.5 Å². The zero-order valence-corrected chi connectivity index (χ0v) is 13.6.